The van der Waals surface area contributed by atoms with Crippen molar-refractivity contribution in [2.45, 2.75) is 12.8 Å². The first-order chi connectivity index (χ1) is 13.7. The lowest BCUT2D eigenvalue weighted by atomic mass is 9.88. The number of amides is 1. The van der Waals surface area contributed by atoms with Crippen LogP contribution in [0.15, 0.2) is 72.9 Å². The summed E-state index contributed by atoms with van der Waals surface area (Å²) in [6, 6.07) is 21.4. The fourth-order valence-electron chi connectivity index (χ4n) is 3.51. The Kier molecular flexibility index (Phi) is 5.35. The number of pyridine rings is 1. The highest BCUT2D eigenvalue weighted by Gasteiger charge is 2.33. The van der Waals surface area contributed by atoms with Gasteiger partial charge in [0.1, 0.15) is 5.75 Å². The van der Waals surface area contributed by atoms with Crippen LogP contribution in [0.5, 0.6) is 11.6 Å². The van der Waals surface area contributed by atoms with Crippen LogP contribution in [0, 0.1) is 12.8 Å². The predicted molar refractivity (Wildman–Crippen MR) is 110 cm³/mol. The maximum absolute atomic E-state index is 12.9. The second kappa shape index (κ2) is 8.23. The van der Waals surface area contributed by atoms with Crippen molar-refractivity contribution in [3.63, 3.8) is 0 Å². The van der Waals surface area contributed by atoms with Gasteiger partial charge in [0.05, 0.1) is 5.92 Å². The van der Waals surface area contributed by atoms with Gasteiger partial charge in [0.25, 0.3) is 0 Å². The van der Waals surface area contributed by atoms with E-state index in [0.717, 1.165) is 12.1 Å². The molecule has 1 aromatic heterocycles. The second-order valence-corrected chi connectivity index (χ2v) is 7.07. The van der Waals surface area contributed by atoms with Crippen molar-refractivity contribution in [2.24, 2.45) is 5.92 Å². The maximum Gasteiger partial charge on any atom is 0.229 e. The summed E-state index contributed by atoms with van der Waals surface area (Å²) in [5, 5.41) is 6.38. The van der Waals surface area contributed by atoms with E-state index in [1.807, 2.05) is 61.5 Å². The third kappa shape index (κ3) is 4.21. The SMILES string of the molecule is Cc1ccc(Oc2cccc(NC(=O)[C@@H]3CNC[C@H]3c3ccccc3)c2)nc1. The van der Waals surface area contributed by atoms with E-state index < -0.39 is 0 Å². The zero-order chi connectivity index (χ0) is 19.3. The van der Waals surface area contributed by atoms with E-state index in [1.165, 1.54) is 5.56 Å². The Morgan fingerprint density at radius 3 is 2.71 bits per heavy atom. The summed E-state index contributed by atoms with van der Waals surface area (Å²) < 4.78 is 5.80. The fourth-order valence-corrected chi connectivity index (χ4v) is 3.51. The molecule has 2 aromatic carbocycles. The van der Waals surface area contributed by atoms with E-state index in [1.54, 1.807) is 6.20 Å². The first kappa shape index (κ1) is 18.2. The van der Waals surface area contributed by atoms with E-state index in [-0.39, 0.29) is 17.7 Å². The molecule has 0 unspecified atom stereocenters. The number of nitrogens with one attached hydrogen (secondary N) is 2. The molecule has 142 valence electrons. The van der Waals surface area contributed by atoms with Gasteiger partial charge in [0, 0.05) is 43.0 Å². The summed E-state index contributed by atoms with van der Waals surface area (Å²) in [5.74, 6) is 1.25. The van der Waals surface area contributed by atoms with Gasteiger partial charge >= 0.3 is 0 Å². The highest BCUT2D eigenvalue weighted by molar-refractivity contribution is 5.93. The molecule has 28 heavy (non-hydrogen) atoms. The molecule has 4 rings (SSSR count). The third-order valence-electron chi connectivity index (χ3n) is 4.99. The van der Waals surface area contributed by atoms with Crippen molar-refractivity contribution < 1.29 is 9.53 Å². The molecule has 2 atom stereocenters. The summed E-state index contributed by atoms with van der Waals surface area (Å²) >= 11 is 0. The van der Waals surface area contributed by atoms with Crippen LogP contribution in [0.3, 0.4) is 0 Å². The number of hydrogen-bond donors (Lipinski definition) is 2. The summed E-state index contributed by atoms with van der Waals surface area (Å²) in [6.07, 6.45) is 1.76. The lowest BCUT2D eigenvalue weighted by molar-refractivity contribution is -0.119. The molecule has 1 saturated heterocycles. The minimum atomic E-state index is -0.106. The highest BCUT2D eigenvalue weighted by atomic mass is 16.5. The summed E-state index contributed by atoms with van der Waals surface area (Å²) in [6.45, 7) is 3.47. The van der Waals surface area contributed by atoms with Gasteiger partial charge in [0.2, 0.25) is 11.8 Å². The maximum atomic E-state index is 12.9. The van der Waals surface area contributed by atoms with Crippen molar-refractivity contribution >= 4 is 11.6 Å². The average Bonchev–Trinajstić information content (AvgIpc) is 3.21. The quantitative estimate of drug-likeness (QED) is 0.706. The topological polar surface area (TPSA) is 63.2 Å². The van der Waals surface area contributed by atoms with Crippen LogP contribution in [-0.2, 0) is 4.79 Å². The number of anilines is 1. The zero-order valence-electron chi connectivity index (χ0n) is 15.8. The van der Waals surface area contributed by atoms with Gasteiger partial charge in [0.15, 0.2) is 0 Å². The molecule has 0 radical (unpaired) electrons. The molecule has 1 amide bonds. The van der Waals surface area contributed by atoms with Gasteiger partial charge in [-0.2, -0.15) is 0 Å². The molecule has 5 heteroatoms. The van der Waals surface area contributed by atoms with Crippen molar-refractivity contribution in [1.82, 2.24) is 10.3 Å². The molecule has 2 heterocycles. The Hall–Kier alpha value is -3.18. The van der Waals surface area contributed by atoms with E-state index in [0.29, 0.717) is 23.9 Å². The Balaban J connectivity index is 1.45. The molecule has 2 N–H and O–H groups in total. The molecule has 0 spiro atoms. The largest absolute Gasteiger partial charge is 0.439 e. The molecule has 1 fully saturated rings. The molecule has 0 bridgehead atoms. The fraction of sp³-hybridized carbons (Fsp3) is 0.217. The number of rotatable bonds is 5. The minimum absolute atomic E-state index is 0.0180. The molecular weight excluding hydrogens is 350 g/mol. The number of carbonyl (C=O) groups excluding carboxylic acids is 1. The van der Waals surface area contributed by atoms with Gasteiger partial charge in [-0.15, -0.1) is 0 Å². The lowest BCUT2D eigenvalue weighted by Crippen LogP contribution is -2.28. The zero-order valence-corrected chi connectivity index (χ0v) is 15.8. The monoisotopic (exact) mass is 373 g/mol. The summed E-state index contributed by atoms with van der Waals surface area (Å²) in [4.78, 5) is 17.2. The number of carbonyl (C=O) groups is 1. The predicted octanol–water partition coefficient (Wildman–Crippen LogP) is 4.12. The number of ether oxygens (including phenoxy) is 1. The second-order valence-electron chi connectivity index (χ2n) is 7.07. The van der Waals surface area contributed by atoms with E-state index in [4.69, 9.17) is 4.74 Å². The number of nitrogens with zero attached hydrogens (tertiary/aromatic N) is 1. The standard InChI is InChI=1S/C23H23N3O2/c1-16-10-11-22(25-13-16)28-19-9-5-8-18(12-19)26-23(27)21-15-24-14-20(21)17-6-3-2-4-7-17/h2-13,20-21,24H,14-15H2,1H3,(H,26,27)/t20-,21+/m0/s1. The average molecular weight is 373 g/mol. The normalized spacial score (nSPS) is 18.6. The molecule has 0 aliphatic carbocycles. The number of benzene rings is 2. The molecular formula is C23H23N3O2. The van der Waals surface area contributed by atoms with Crippen molar-refractivity contribution in [2.75, 3.05) is 18.4 Å². The van der Waals surface area contributed by atoms with Crippen molar-refractivity contribution in [3.8, 4) is 11.6 Å². The molecule has 5 nitrogen and oxygen atoms in total. The smallest absolute Gasteiger partial charge is 0.229 e. The van der Waals surface area contributed by atoms with Crippen LogP contribution in [0.4, 0.5) is 5.69 Å². The van der Waals surface area contributed by atoms with Crippen molar-refractivity contribution in [3.05, 3.63) is 84.1 Å². The Morgan fingerprint density at radius 1 is 1.07 bits per heavy atom. The van der Waals surface area contributed by atoms with E-state index >= 15 is 0 Å². The van der Waals surface area contributed by atoms with Crippen LogP contribution >= 0.6 is 0 Å². The Labute approximate surface area is 164 Å². The molecule has 0 saturated carbocycles. The van der Waals surface area contributed by atoms with Gasteiger partial charge in [-0.05, 0) is 30.2 Å². The molecule has 3 aromatic rings. The van der Waals surface area contributed by atoms with E-state index in [9.17, 15) is 4.79 Å². The number of aryl methyl sites for hydroxylation is 1. The van der Waals surface area contributed by atoms with Crippen LogP contribution in [0.1, 0.15) is 17.0 Å². The third-order valence-corrected chi connectivity index (χ3v) is 4.99. The van der Waals surface area contributed by atoms with E-state index in [2.05, 4.69) is 27.8 Å². The van der Waals surface area contributed by atoms with Crippen molar-refractivity contribution in [1.29, 1.82) is 0 Å². The minimum Gasteiger partial charge on any atom is -0.439 e. The molecule has 1 aliphatic rings. The van der Waals surface area contributed by atoms with Crippen LogP contribution < -0.4 is 15.4 Å². The van der Waals surface area contributed by atoms with Gasteiger partial charge < -0.3 is 15.4 Å². The lowest BCUT2D eigenvalue weighted by Gasteiger charge is -2.18. The number of aromatic nitrogens is 1. The van der Waals surface area contributed by atoms with Crippen LogP contribution in [0.25, 0.3) is 0 Å². The van der Waals surface area contributed by atoms with Gasteiger partial charge in [-0.3, -0.25) is 4.79 Å². The van der Waals surface area contributed by atoms with Gasteiger partial charge in [-0.1, -0.05) is 42.5 Å². The van der Waals surface area contributed by atoms with Gasteiger partial charge in [-0.25, -0.2) is 4.98 Å². The summed E-state index contributed by atoms with van der Waals surface area (Å²) in [5.41, 5.74) is 2.98. The first-order valence-electron chi connectivity index (χ1n) is 9.46. The molecule has 1 aliphatic heterocycles. The first-order valence-corrected chi connectivity index (χ1v) is 9.46. The Bertz CT molecular complexity index is 942. The summed E-state index contributed by atoms with van der Waals surface area (Å²) in [7, 11) is 0. The number of hydrogen-bond acceptors (Lipinski definition) is 4. The highest BCUT2D eigenvalue weighted by Crippen LogP contribution is 2.30. The van der Waals surface area contributed by atoms with Crippen LogP contribution in [-0.4, -0.2) is 24.0 Å². The Morgan fingerprint density at radius 2 is 1.93 bits per heavy atom. The van der Waals surface area contributed by atoms with Crippen LogP contribution in [0.2, 0.25) is 0 Å².